The molecular formula is C13H31NO3Si. The Balaban J connectivity index is 4.72. The van der Waals surface area contributed by atoms with Gasteiger partial charge >= 0.3 is 8.80 Å². The second-order valence-corrected chi connectivity index (χ2v) is 7.36. The standard InChI is InChI=1S/C13H31NO3Si/c1-5-9-13(14)18(15-10-6-2,16-11-7-3)17-12-8-4/h13H,5-12,14H2,1-4H3. The van der Waals surface area contributed by atoms with Crippen LogP contribution in [0.25, 0.3) is 0 Å². The van der Waals surface area contributed by atoms with Gasteiger partial charge in [-0.15, -0.1) is 0 Å². The lowest BCUT2D eigenvalue weighted by Crippen LogP contribution is -2.60. The van der Waals surface area contributed by atoms with Gasteiger partial charge < -0.3 is 19.0 Å². The largest absolute Gasteiger partial charge is 0.518 e. The molecule has 5 heteroatoms. The summed E-state index contributed by atoms with van der Waals surface area (Å²) in [6, 6.07) is 0. The predicted molar refractivity (Wildman–Crippen MR) is 77.4 cm³/mol. The van der Waals surface area contributed by atoms with Crippen molar-refractivity contribution in [3.05, 3.63) is 0 Å². The van der Waals surface area contributed by atoms with Gasteiger partial charge in [-0.05, 0) is 25.7 Å². The quantitative estimate of drug-likeness (QED) is 0.557. The molecule has 18 heavy (non-hydrogen) atoms. The lowest BCUT2D eigenvalue weighted by atomic mass is 10.3. The lowest BCUT2D eigenvalue weighted by Gasteiger charge is -2.34. The fraction of sp³-hybridized carbons (Fsp3) is 1.00. The Labute approximate surface area is 114 Å². The molecule has 1 atom stereocenters. The first kappa shape index (κ1) is 18.1. The van der Waals surface area contributed by atoms with Crippen LogP contribution in [0.5, 0.6) is 0 Å². The first-order valence-electron chi connectivity index (χ1n) is 7.34. The molecule has 0 aliphatic rings. The van der Waals surface area contributed by atoms with E-state index in [4.69, 9.17) is 19.0 Å². The molecular weight excluding hydrogens is 246 g/mol. The maximum Gasteiger partial charge on any atom is 0.518 e. The first-order chi connectivity index (χ1) is 8.66. The van der Waals surface area contributed by atoms with Gasteiger partial charge in [0.05, 0.1) is 5.67 Å². The Kier molecular flexibility index (Phi) is 11.0. The molecule has 0 bridgehead atoms. The topological polar surface area (TPSA) is 53.7 Å². The van der Waals surface area contributed by atoms with E-state index in [-0.39, 0.29) is 5.67 Å². The van der Waals surface area contributed by atoms with Crippen LogP contribution in [0.2, 0.25) is 0 Å². The zero-order valence-electron chi connectivity index (χ0n) is 12.5. The van der Waals surface area contributed by atoms with E-state index in [1.165, 1.54) is 0 Å². The van der Waals surface area contributed by atoms with Crippen LogP contribution >= 0.6 is 0 Å². The molecule has 0 aliphatic heterocycles. The van der Waals surface area contributed by atoms with Crippen molar-refractivity contribution in [2.75, 3.05) is 19.8 Å². The average molecular weight is 277 g/mol. The fourth-order valence-electron chi connectivity index (χ4n) is 1.67. The van der Waals surface area contributed by atoms with Crippen molar-refractivity contribution in [3.8, 4) is 0 Å². The molecule has 0 aromatic rings. The Morgan fingerprint density at radius 1 is 0.778 bits per heavy atom. The van der Waals surface area contributed by atoms with Crippen LogP contribution in [-0.2, 0) is 13.3 Å². The summed E-state index contributed by atoms with van der Waals surface area (Å²) < 4.78 is 17.9. The van der Waals surface area contributed by atoms with E-state index in [1.807, 2.05) is 0 Å². The highest BCUT2D eigenvalue weighted by atomic mass is 28.4. The number of hydrogen-bond donors (Lipinski definition) is 1. The summed E-state index contributed by atoms with van der Waals surface area (Å²) in [4.78, 5) is 0. The molecule has 0 radical (unpaired) electrons. The predicted octanol–water partition coefficient (Wildman–Crippen LogP) is 2.87. The molecule has 0 fully saturated rings. The number of hydrogen-bond acceptors (Lipinski definition) is 4. The summed E-state index contributed by atoms with van der Waals surface area (Å²) in [5.74, 6) is 0. The van der Waals surface area contributed by atoms with Gasteiger partial charge in [0.1, 0.15) is 0 Å². The number of rotatable bonds is 12. The van der Waals surface area contributed by atoms with Crippen molar-refractivity contribution in [2.24, 2.45) is 5.73 Å². The Bertz CT molecular complexity index is 171. The highest BCUT2D eigenvalue weighted by molar-refractivity contribution is 6.62. The Morgan fingerprint density at radius 3 is 1.44 bits per heavy atom. The summed E-state index contributed by atoms with van der Waals surface area (Å²) in [7, 11) is -2.71. The van der Waals surface area contributed by atoms with Crippen LogP contribution in [0.15, 0.2) is 0 Å². The van der Waals surface area contributed by atoms with Gasteiger partial charge in [0.2, 0.25) is 0 Å². The maximum atomic E-state index is 6.27. The summed E-state index contributed by atoms with van der Waals surface area (Å²) in [6.45, 7) is 10.4. The van der Waals surface area contributed by atoms with E-state index < -0.39 is 8.80 Å². The Morgan fingerprint density at radius 2 is 1.17 bits per heavy atom. The average Bonchev–Trinajstić information content (AvgIpc) is 2.38. The van der Waals surface area contributed by atoms with Crippen LogP contribution in [0.4, 0.5) is 0 Å². The number of nitrogens with two attached hydrogens (primary N) is 1. The van der Waals surface area contributed by atoms with Crippen LogP contribution in [0, 0.1) is 0 Å². The third-order valence-corrected chi connectivity index (χ3v) is 5.59. The third-order valence-electron chi connectivity index (χ3n) is 2.58. The second kappa shape index (κ2) is 10.9. The van der Waals surface area contributed by atoms with E-state index in [0.29, 0.717) is 19.8 Å². The molecule has 2 N–H and O–H groups in total. The normalized spacial score (nSPS) is 13.8. The smallest absolute Gasteiger partial charge is 0.373 e. The molecule has 0 saturated heterocycles. The molecule has 0 rings (SSSR count). The maximum absolute atomic E-state index is 6.27. The highest BCUT2D eigenvalue weighted by Crippen LogP contribution is 2.18. The van der Waals surface area contributed by atoms with Crippen molar-refractivity contribution < 1.29 is 13.3 Å². The molecule has 1 unspecified atom stereocenters. The summed E-state index contributed by atoms with van der Waals surface area (Å²) >= 11 is 0. The van der Waals surface area contributed by atoms with E-state index >= 15 is 0 Å². The monoisotopic (exact) mass is 277 g/mol. The van der Waals surface area contributed by atoms with E-state index in [2.05, 4.69) is 27.7 Å². The first-order valence-corrected chi connectivity index (χ1v) is 9.14. The molecule has 0 saturated carbocycles. The molecule has 0 spiro atoms. The third kappa shape index (κ3) is 6.29. The van der Waals surface area contributed by atoms with Crippen molar-refractivity contribution >= 4 is 8.80 Å². The zero-order valence-corrected chi connectivity index (χ0v) is 13.5. The van der Waals surface area contributed by atoms with E-state index in [9.17, 15) is 0 Å². The molecule has 0 aliphatic carbocycles. The molecule has 110 valence electrons. The van der Waals surface area contributed by atoms with E-state index in [1.54, 1.807) is 0 Å². The minimum absolute atomic E-state index is 0.104. The lowest BCUT2D eigenvalue weighted by molar-refractivity contribution is 0.0497. The Hall–Kier alpha value is 0.0569. The zero-order chi connectivity index (χ0) is 13.9. The van der Waals surface area contributed by atoms with Crippen LogP contribution in [-0.4, -0.2) is 34.3 Å². The summed E-state index contributed by atoms with van der Waals surface area (Å²) in [5.41, 5.74) is 6.17. The fourth-order valence-corrected chi connectivity index (χ4v) is 4.67. The highest BCUT2D eigenvalue weighted by Gasteiger charge is 2.47. The summed E-state index contributed by atoms with van der Waals surface area (Å²) in [5, 5.41) is 0. The summed E-state index contributed by atoms with van der Waals surface area (Å²) in [6.07, 6.45) is 4.79. The van der Waals surface area contributed by atoms with Crippen molar-refractivity contribution in [3.63, 3.8) is 0 Å². The van der Waals surface area contributed by atoms with Gasteiger partial charge in [-0.25, -0.2) is 0 Å². The van der Waals surface area contributed by atoms with Crippen molar-refractivity contribution in [1.29, 1.82) is 0 Å². The molecule has 0 heterocycles. The van der Waals surface area contributed by atoms with Gasteiger partial charge in [-0.3, -0.25) is 0 Å². The molecule has 4 nitrogen and oxygen atoms in total. The van der Waals surface area contributed by atoms with Crippen LogP contribution < -0.4 is 5.73 Å². The van der Waals surface area contributed by atoms with Gasteiger partial charge in [0, 0.05) is 19.8 Å². The van der Waals surface area contributed by atoms with Gasteiger partial charge in [-0.1, -0.05) is 34.1 Å². The SMILES string of the molecule is CCCO[Si](OCCC)(OCCC)C(N)CCC. The van der Waals surface area contributed by atoms with Crippen molar-refractivity contribution in [1.82, 2.24) is 0 Å². The van der Waals surface area contributed by atoms with Crippen LogP contribution in [0.1, 0.15) is 59.8 Å². The minimum atomic E-state index is -2.71. The van der Waals surface area contributed by atoms with Gasteiger partial charge in [-0.2, -0.15) is 0 Å². The molecule has 0 aromatic carbocycles. The minimum Gasteiger partial charge on any atom is -0.373 e. The second-order valence-electron chi connectivity index (χ2n) is 4.54. The van der Waals surface area contributed by atoms with E-state index in [0.717, 1.165) is 32.1 Å². The molecule has 0 aromatic heterocycles. The van der Waals surface area contributed by atoms with Gasteiger partial charge in [0.15, 0.2) is 0 Å². The molecule has 0 amide bonds. The van der Waals surface area contributed by atoms with Crippen molar-refractivity contribution in [2.45, 2.75) is 65.5 Å². The van der Waals surface area contributed by atoms with Gasteiger partial charge in [0.25, 0.3) is 0 Å². The van der Waals surface area contributed by atoms with Crippen LogP contribution in [0.3, 0.4) is 0 Å².